The molecule has 1 aromatic rings. The zero-order valence-electron chi connectivity index (χ0n) is 10.4. The number of halogens is 1. The van der Waals surface area contributed by atoms with Gasteiger partial charge in [-0.25, -0.2) is 0 Å². The van der Waals surface area contributed by atoms with Crippen molar-refractivity contribution in [3.63, 3.8) is 0 Å². The first-order valence-corrected chi connectivity index (χ1v) is 6.45. The molecular weight excluding hydrogens is 270 g/mol. The molecule has 1 heterocycles. The van der Waals surface area contributed by atoms with E-state index in [4.69, 9.17) is 22.1 Å². The predicted octanol–water partition coefficient (Wildman–Crippen LogP) is 1.41. The first-order valence-electron chi connectivity index (χ1n) is 6.07. The van der Waals surface area contributed by atoms with E-state index in [2.05, 4.69) is 4.90 Å². The van der Waals surface area contributed by atoms with Gasteiger partial charge in [0.1, 0.15) is 5.02 Å². The minimum Gasteiger partial charge on any atom is -0.374 e. The highest BCUT2D eigenvalue weighted by atomic mass is 35.5. The highest BCUT2D eigenvalue weighted by Crippen LogP contribution is 2.25. The second kappa shape index (κ2) is 6.29. The van der Waals surface area contributed by atoms with Crippen LogP contribution in [0.3, 0.4) is 0 Å². The summed E-state index contributed by atoms with van der Waals surface area (Å²) >= 11 is 5.89. The van der Waals surface area contributed by atoms with Crippen LogP contribution < -0.4 is 5.73 Å². The molecule has 104 valence electrons. The number of nitro benzene ring substituents is 1. The lowest BCUT2D eigenvalue weighted by atomic mass is 10.1. The lowest BCUT2D eigenvalue weighted by molar-refractivity contribution is -0.384. The Labute approximate surface area is 116 Å². The van der Waals surface area contributed by atoms with Gasteiger partial charge in [-0.3, -0.25) is 15.0 Å². The Kier molecular flexibility index (Phi) is 4.71. The maximum atomic E-state index is 10.7. The number of nitrogens with two attached hydrogens (primary N) is 1. The van der Waals surface area contributed by atoms with Crippen LogP contribution in [0, 0.1) is 10.1 Å². The van der Waals surface area contributed by atoms with Crippen LogP contribution in [0.2, 0.25) is 5.02 Å². The SMILES string of the molecule is NCC1CN(Cc2ccc([N+](=O)[O-])c(Cl)c2)CCO1. The fourth-order valence-electron chi connectivity index (χ4n) is 2.12. The van der Waals surface area contributed by atoms with Crippen molar-refractivity contribution in [2.24, 2.45) is 5.73 Å². The van der Waals surface area contributed by atoms with Crippen LogP contribution in [-0.4, -0.2) is 42.2 Å². The van der Waals surface area contributed by atoms with Crippen molar-refractivity contribution < 1.29 is 9.66 Å². The van der Waals surface area contributed by atoms with Gasteiger partial charge in [0, 0.05) is 32.2 Å². The largest absolute Gasteiger partial charge is 0.374 e. The van der Waals surface area contributed by atoms with Crippen LogP contribution in [0.25, 0.3) is 0 Å². The quantitative estimate of drug-likeness (QED) is 0.668. The third kappa shape index (κ3) is 3.63. The van der Waals surface area contributed by atoms with E-state index in [1.807, 2.05) is 0 Å². The van der Waals surface area contributed by atoms with E-state index in [9.17, 15) is 10.1 Å². The van der Waals surface area contributed by atoms with Gasteiger partial charge in [0.25, 0.3) is 5.69 Å². The number of benzene rings is 1. The van der Waals surface area contributed by atoms with Gasteiger partial charge < -0.3 is 10.5 Å². The molecule has 1 unspecified atom stereocenters. The van der Waals surface area contributed by atoms with E-state index in [-0.39, 0.29) is 16.8 Å². The summed E-state index contributed by atoms with van der Waals surface area (Å²) in [5, 5.41) is 10.9. The second-order valence-electron chi connectivity index (χ2n) is 4.51. The Hall–Kier alpha value is -1.21. The van der Waals surface area contributed by atoms with E-state index >= 15 is 0 Å². The first-order chi connectivity index (χ1) is 9.10. The second-order valence-corrected chi connectivity index (χ2v) is 4.91. The molecule has 6 nitrogen and oxygen atoms in total. The molecule has 0 saturated carbocycles. The summed E-state index contributed by atoms with van der Waals surface area (Å²) in [4.78, 5) is 12.4. The molecule has 0 amide bonds. The maximum absolute atomic E-state index is 10.7. The van der Waals surface area contributed by atoms with E-state index < -0.39 is 4.92 Å². The lowest BCUT2D eigenvalue weighted by Crippen LogP contribution is -2.45. The van der Waals surface area contributed by atoms with Gasteiger partial charge in [-0.15, -0.1) is 0 Å². The summed E-state index contributed by atoms with van der Waals surface area (Å²) in [6, 6.07) is 4.82. The molecule has 1 aliphatic rings. The molecule has 1 aromatic carbocycles. The molecule has 0 aliphatic carbocycles. The number of rotatable bonds is 4. The summed E-state index contributed by atoms with van der Waals surface area (Å²) < 4.78 is 5.49. The van der Waals surface area contributed by atoms with Crippen LogP contribution in [0.4, 0.5) is 5.69 Å². The van der Waals surface area contributed by atoms with Crippen molar-refractivity contribution in [2.45, 2.75) is 12.6 Å². The van der Waals surface area contributed by atoms with Gasteiger partial charge in [0.05, 0.1) is 17.6 Å². The molecule has 7 heteroatoms. The molecule has 2 N–H and O–H groups in total. The zero-order chi connectivity index (χ0) is 13.8. The molecule has 1 aliphatic heterocycles. The average molecular weight is 286 g/mol. The Morgan fingerprint density at radius 1 is 1.58 bits per heavy atom. The van der Waals surface area contributed by atoms with Gasteiger partial charge in [-0.1, -0.05) is 17.7 Å². The molecule has 0 spiro atoms. The van der Waals surface area contributed by atoms with Crippen molar-refractivity contribution in [2.75, 3.05) is 26.2 Å². The maximum Gasteiger partial charge on any atom is 0.287 e. The van der Waals surface area contributed by atoms with Crippen LogP contribution >= 0.6 is 11.6 Å². The van der Waals surface area contributed by atoms with Crippen molar-refractivity contribution in [1.29, 1.82) is 0 Å². The zero-order valence-corrected chi connectivity index (χ0v) is 11.2. The number of ether oxygens (including phenoxy) is 1. The monoisotopic (exact) mass is 285 g/mol. The number of nitro groups is 1. The Morgan fingerprint density at radius 3 is 3.00 bits per heavy atom. The standard InChI is InChI=1S/C12H16ClN3O3/c13-11-5-9(1-2-12(11)16(17)18)7-15-3-4-19-10(6-14)8-15/h1-2,5,10H,3-4,6-8,14H2. The summed E-state index contributed by atoms with van der Waals surface area (Å²) in [5.74, 6) is 0. The number of nitrogens with zero attached hydrogens (tertiary/aromatic N) is 2. The Balaban J connectivity index is 2.03. The molecule has 1 atom stereocenters. The fraction of sp³-hybridized carbons (Fsp3) is 0.500. The highest BCUT2D eigenvalue weighted by Gasteiger charge is 2.20. The molecule has 2 rings (SSSR count). The van der Waals surface area contributed by atoms with E-state index in [0.29, 0.717) is 19.7 Å². The van der Waals surface area contributed by atoms with Crippen LogP contribution in [0.5, 0.6) is 0 Å². The van der Waals surface area contributed by atoms with E-state index in [1.165, 1.54) is 6.07 Å². The summed E-state index contributed by atoms with van der Waals surface area (Å²) in [7, 11) is 0. The van der Waals surface area contributed by atoms with Gasteiger partial charge in [-0.2, -0.15) is 0 Å². The Morgan fingerprint density at radius 2 is 2.37 bits per heavy atom. The lowest BCUT2D eigenvalue weighted by Gasteiger charge is -2.32. The molecule has 0 radical (unpaired) electrons. The molecule has 19 heavy (non-hydrogen) atoms. The summed E-state index contributed by atoms with van der Waals surface area (Å²) in [6.45, 7) is 3.44. The summed E-state index contributed by atoms with van der Waals surface area (Å²) in [6.07, 6.45) is 0.0577. The van der Waals surface area contributed by atoms with Crippen molar-refractivity contribution in [3.05, 3.63) is 38.9 Å². The van der Waals surface area contributed by atoms with Crippen LogP contribution in [-0.2, 0) is 11.3 Å². The van der Waals surface area contributed by atoms with Crippen molar-refractivity contribution >= 4 is 17.3 Å². The highest BCUT2D eigenvalue weighted by molar-refractivity contribution is 6.32. The average Bonchev–Trinajstić information content (AvgIpc) is 2.38. The van der Waals surface area contributed by atoms with Gasteiger partial charge in [-0.05, 0) is 11.6 Å². The predicted molar refractivity (Wildman–Crippen MR) is 72.2 cm³/mol. The first kappa shape index (κ1) is 14.2. The summed E-state index contributed by atoms with van der Waals surface area (Å²) in [5.41, 5.74) is 6.48. The third-order valence-corrected chi connectivity index (χ3v) is 3.40. The minimum absolute atomic E-state index is 0.0577. The van der Waals surface area contributed by atoms with Crippen LogP contribution in [0.1, 0.15) is 5.56 Å². The topological polar surface area (TPSA) is 81.6 Å². The molecule has 0 aromatic heterocycles. The smallest absolute Gasteiger partial charge is 0.287 e. The minimum atomic E-state index is -0.481. The molecule has 0 bridgehead atoms. The van der Waals surface area contributed by atoms with Gasteiger partial charge in [0.15, 0.2) is 0 Å². The normalized spacial score (nSPS) is 20.4. The third-order valence-electron chi connectivity index (χ3n) is 3.10. The van der Waals surface area contributed by atoms with Crippen molar-refractivity contribution in [1.82, 2.24) is 4.90 Å². The van der Waals surface area contributed by atoms with E-state index in [1.54, 1.807) is 12.1 Å². The molecular formula is C12H16ClN3O3. The fourth-order valence-corrected chi connectivity index (χ4v) is 2.39. The molecule has 1 saturated heterocycles. The Bertz CT molecular complexity index is 470. The molecule has 1 fully saturated rings. The number of hydrogen-bond acceptors (Lipinski definition) is 5. The van der Waals surface area contributed by atoms with Crippen molar-refractivity contribution in [3.8, 4) is 0 Å². The van der Waals surface area contributed by atoms with Crippen LogP contribution in [0.15, 0.2) is 18.2 Å². The van der Waals surface area contributed by atoms with Gasteiger partial charge in [0.2, 0.25) is 0 Å². The number of hydrogen-bond donors (Lipinski definition) is 1. The van der Waals surface area contributed by atoms with E-state index in [0.717, 1.165) is 18.7 Å². The van der Waals surface area contributed by atoms with Gasteiger partial charge >= 0.3 is 0 Å². The number of morpholine rings is 1.